The highest BCUT2D eigenvalue weighted by molar-refractivity contribution is 7.89. The maximum atomic E-state index is 13.7. The number of ether oxygens (including phenoxy) is 4. The lowest BCUT2D eigenvalue weighted by Crippen LogP contribution is -2.45. The van der Waals surface area contributed by atoms with Crippen molar-refractivity contribution in [3.8, 4) is 17.2 Å². The van der Waals surface area contributed by atoms with Crippen molar-refractivity contribution < 1.29 is 36.6 Å². The molecule has 2 aliphatic heterocycles. The molecule has 1 saturated heterocycles. The molecule has 0 spiro atoms. The molecule has 1 fully saturated rings. The Balaban J connectivity index is 1.40. The van der Waals surface area contributed by atoms with E-state index in [-0.39, 0.29) is 49.9 Å². The third-order valence-electron chi connectivity index (χ3n) is 6.53. The van der Waals surface area contributed by atoms with Crippen LogP contribution in [0.15, 0.2) is 70.2 Å². The van der Waals surface area contributed by atoms with Crippen LogP contribution in [0.25, 0.3) is 0 Å². The average molecular weight is 543 g/mol. The van der Waals surface area contributed by atoms with Gasteiger partial charge in [0.2, 0.25) is 22.7 Å². The number of sulfonamides is 1. The number of amides is 1. The first kappa shape index (κ1) is 26.1. The summed E-state index contributed by atoms with van der Waals surface area (Å²) in [7, 11) is -2.48. The van der Waals surface area contributed by atoms with E-state index in [4.69, 9.17) is 23.4 Å². The number of furan rings is 1. The molecule has 0 bridgehead atoms. The first-order chi connectivity index (χ1) is 18.4. The Hall–Kier alpha value is -3.54. The Labute approximate surface area is 221 Å². The monoisotopic (exact) mass is 542 g/mol. The summed E-state index contributed by atoms with van der Waals surface area (Å²) in [6.07, 6.45) is 2.85. The van der Waals surface area contributed by atoms with Crippen molar-refractivity contribution in [2.75, 3.05) is 33.6 Å². The highest BCUT2D eigenvalue weighted by atomic mass is 32.2. The van der Waals surface area contributed by atoms with Crippen LogP contribution < -0.4 is 14.2 Å². The molecule has 0 radical (unpaired) electrons. The minimum absolute atomic E-state index is 0.0810. The number of hydrogen-bond donors (Lipinski definition) is 0. The number of benzene rings is 2. The molecule has 10 nitrogen and oxygen atoms in total. The van der Waals surface area contributed by atoms with E-state index in [1.807, 2.05) is 12.1 Å². The summed E-state index contributed by atoms with van der Waals surface area (Å²) >= 11 is 0. The molecule has 3 heterocycles. The van der Waals surface area contributed by atoms with E-state index < -0.39 is 10.0 Å². The van der Waals surface area contributed by atoms with E-state index in [2.05, 4.69) is 0 Å². The predicted octanol–water partition coefficient (Wildman–Crippen LogP) is 3.42. The number of fused-ring (bicyclic) bond motifs is 1. The predicted molar refractivity (Wildman–Crippen MR) is 136 cm³/mol. The molecule has 1 unspecified atom stereocenters. The highest BCUT2D eigenvalue weighted by Crippen LogP contribution is 2.33. The Bertz CT molecular complexity index is 1340. The van der Waals surface area contributed by atoms with Crippen LogP contribution in [0.2, 0.25) is 0 Å². The van der Waals surface area contributed by atoms with Crippen LogP contribution in [0, 0.1) is 0 Å². The zero-order chi connectivity index (χ0) is 26.5. The maximum Gasteiger partial charge on any atom is 0.243 e. The fraction of sp³-hybridized carbons (Fsp3) is 0.370. The van der Waals surface area contributed by atoms with Crippen LogP contribution in [-0.2, 0) is 32.6 Å². The van der Waals surface area contributed by atoms with Gasteiger partial charge in [0.05, 0.1) is 37.5 Å². The van der Waals surface area contributed by atoms with Gasteiger partial charge >= 0.3 is 0 Å². The van der Waals surface area contributed by atoms with Gasteiger partial charge in [0.25, 0.3) is 0 Å². The van der Waals surface area contributed by atoms with Gasteiger partial charge < -0.3 is 28.3 Å². The number of carbonyl (C=O) groups excluding carboxylic acids is 1. The average Bonchev–Trinajstić information content (AvgIpc) is 3.71. The molecule has 2 aromatic carbocycles. The second-order valence-corrected chi connectivity index (χ2v) is 11.1. The molecule has 1 aromatic heterocycles. The summed E-state index contributed by atoms with van der Waals surface area (Å²) in [5.74, 6) is 2.01. The number of nitrogens with zero attached hydrogens (tertiary/aromatic N) is 2. The second kappa shape index (κ2) is 11.5. The van der Waals surface area contributed by atoms with Gasteiger partial charge in [-0.05, 0) is 66.9 Å². The highest BCUT2D eigenvalue weighted by Gasteiger charge is 2.32. The summed E-state index contributed by atoms with van der Waals surface area (Å²) in [5.41, 5.74) is 0.817. The zero-order valence-corrected chi connectivity index (χ0v) is 21.9. The van der Waals surface area contributed by atoms with Gasteiger partial charge in [-0.15, -0.1) is 0 Å². The van der Waals surface area contributed by atoms with Crippen molar-refractivity contribution in [2.24, 2.45) is 0 Å². The molecule has 5 rings (SSSR count). The van der Waals surface area contributed by atoms with Crippen molar-refractivity contribution in [3.63, 3.8) is 0 Å². The van der Waals surface area contributed by atoms with Gasteiger partial charge in [0.1, 0.15) is 11.5 Å². The van der Waals surface area contributed by atoms with Crippen molar-refractivity contribution in [1.29, 1.82) is 0 Å². The SMILES string of the molecule is COc1ccc(S(=O)(=O)N(CC(=O)N(Cc2ccc3c(c2)OCO3)Cc2ccco2)CC2CCCO2)cc1. The first-order valence-electron chi connectivity index (χ1n) is 12.4. The van der Waals surface area contributed by atoms with Crippen LogP contribution in [0.5, 0.6) is 17.2 Å². The summed E-state index contributed by atoms with van der Waals surface area (Å²) in [6.45, 7) is 0.861. The van der Waals surface area contributed by atoms with Crippen molar-refractivity contribution in [2.45, 2.75) is 36.9 Å². The molecule has 0 N–H and O–H groups in total. The summed E-state index contributed by atoms with van der Waals surface area (Å²) in [6, 6.07) is 15.1. The van der Waals surface area contributed by atoms with Crippen LogP contribution in [0.4, 0.5) is 0 Å². The largest absolute Gasteiger partial charge is 0.497 e. The molecule has 11 heteroatoms. The number of rotatable bonds is 11. The lowest BCUT2D eigenvalue weighted by atomic mass is 10.2. The fourth-order valence-corrected chi connectivity index (χ4v) is 5.91. The lowest BCUT2D eigenvalue weighted by Gasteiger charge is -2.28. The van der Waals surface area contributed by atoms with Gasteiger partial charge in [0, 0.05) is 19.7 Å². The van der Waals surface area contributed by atoms with Gasteiger partial charge in [-0.25, -0.2) is 8.42 Å². The van der Waals surface area contributed by atoms with E-state index in [0.29, 0.717) is 29.6 Å². The number of carbonyl (C=O) groups is 1. The van der Waals surface area contributed by atoms with Gasteiger partial charge in [-0.3, -0.25) is 4.79 Å². The lowest BCUT2D eigenvalue weighted by molar-refractivity contribution is -0.133. The minimum Gasteiger partial charge on any atom is -0.497 e. The molecule has 202 valence electrons. The standard InChI is InChI=1S/C27H30N2O8S/c1-33-21-7-9-24(10-8-21)38(31,32)29(17-23-5-3-13-35-23)18-27(30)28(16-22-4-2-12-34-22)15-20-6-11-25-26(14-20)37-19-36-25/h2,4,6-12,14,23H,3,5,13,15-19H2,1H3. The minimum atomic E-state index is -3.99. The van der Waals surface area contributed by atoms with Crippen molar-refractivity contribution in [1.82, 2.24) is 9.21 Å². The van der Waals surface area contributed by atoms with E-state index in [1.165, 1.54) is 29.8 Å². The molecular weight excluding hydrogens is 512 g/mol. The summed E-state index contributed by atoms with van der Waals surface area (Å²) in [4.78, 5) is 15.4. The summed E-state index contributed by atoms with van der Waals surface area (Å²) < 4.78 is 55.8. The molecule has 3 aromatic rings. The fourth-order valence-electron chi connectivity index (χ4n) is 4.49. The van der Waals surface area contributed by atoms with Gasteiger partial charge in [0.15, 0.2) is 11.5 Å². The Kier molecular flexibility index (Phi) is 7.87. The first-order valence-corrected chi connectivity index (χ1v) is 13.8. The van der Waals surface area contributed by atoms with Gasteiger partial charge in [-0.1, -0.05) is 6.07 Å². The molecular formula is C27H30N2O8S. The third-order valence-corrected chi connectivity index (χ3v) is 8.36. The van der Waals surface area contributed by atoms with E-state index in [9.17, 15) is 13.2 Å². The number of methoxy groups -OCH3 is 1. The van der Waals surface area contributed by atoms with E-state index in [0.717, 1.165) is 18.4 Å². The van der Waals surface area contributed by atoms with Crippen LogP contribution in [-0.4, -0.2) is 63.2 Å². The third kappa shape index (κ3) is 5.95. The molecule has 0 saturated carbocycles. The normalized spacial score (nSPS) is 16.6. The topological polar surface area (TPSA) is 108 Å². The zero-order valence-electron chi connectivity index (χ0n) is 21.1. The molecule has 0 aliphatic carbocycles. The Morgan fingerprint density at radius 3 is 2.58 bits per heavy atom. The molecule has 38 heavy (non-hydrogen) atoms. The van der Waals surface area contributed by atoms with Crippen molar-refractivity contribution >= 4 is 15.9 Å². The Morgan fingerprint density at radius 1 is 1.05 bits per heavy atom. The number of hydrogen-bond acceptors (Lipinski definition) is 8. The molecule has 1 amide bonds. The molecule has 1 atom stereocenters. The van der Waals surface area contributed by atoms with E-state index >= 15 is 0 Å². The van der Waals surface area contributed by atoms with Crippen molar-refractivity contribution in [3.05, 3.63) is 72.2 Å². The van der Waals surface area contributed by atoms with Crippen LogP contribution in [0.1, 0.15) is 24.2 Å². The smallest absolute Gasteiger partial charge is 0.243 e. The quantitative estimate of drug-likeness (QED) is 0.363. The summed E-state index contributed by atoms with van der Waals surface area (Å²) in [5, 5.41) is 0. The molecule has 2 aliphatic rings. The Morgan fingerprint density at radius 2 is 1.87 bits per heavy atom. The second-order valence-electron chi connectivity index (χ2n) is 9.12. The van der Waals surface area contributed by atoms with Crippen LogP contribution >= 0.6 is 0 Å². The van der Waals surface area contributed by atoms with E-state index in [1.54, 1.807) is 35.2 Å². The maximum absolute atomic E-state index is 13.7. The van der Waals surface area contributed by atoms with Gasteiger partial charge in [-0.2, -0.15) is 4.31 Å². The van der Waals surface area contributed by atoms with Crippen LogP contribution in [0.3, 0.4) is 0 Å².